The van der Waals surface area contributed by atoms with Gasteiger partial charge in [-0.3, -0.25) is 9.36 Å². The fourth-order valence-electron chi connectivity index (χ4n) is 5.14. The van der Waals surface area contributed by atoms with E-state index in [1.807, 2.05) is 31.2 Å². The normalized spacial score (nSPS) is 22.5. The Hall–Kier alpha value is -3.69. The van der Waals surface area contributed by atoms with Crippen molar-refractivity contribution in [3.8, 4) is 17.5 Å². The van der Waals surface area contributed by atoms with E-state index in [1.165, 1.54) is 16.8 Å². The Kier molecular flexibility index (Phi) is 5.82. The van der Waals surface area contributed by atoms with Crippen LogP contribution in [0.25, 0.3) is 5.69 Å². The summed E-state index contributed by atoms with van der Waals surface area (Å²) in [6.45, 7) is 2.01. The first kappa shape index (κ1) is 23.1. The molecule has 35 heavy (non-hydrogen) atoms. The van der Waals surface area contributed by atoms with Gasteiger partial charge >= 0.3 is 5.69 Å². The van der Waals surface area contributed by atoms with Gasteiger partial charge in [-0.05, 0) is 77.7 Å². The lowest BCUT2D eigenvalue weighted by Gasteiger charge is -2.58. The summed E-state index contributed by atoms with van der Waals surface area (Å²) >= 11 is 0. The standard InChI is InChI=1S/C26H26N5O3P/c1-16-2-4-17(5-3-16)24(32)31(35)19-11-26(12-19)13-21(14-26)34-20-7-6-18(15-27)22(10-20)30-9-8-23(28)29-25(30)33/h2-10,19,21H,11-14,35H2,1H3,(H2,28,29,33). The third kappa shape index (κ3) is 4.40. The number of carbonyl (C=O) groups is 1. The minimum Gasteiger partial charge on any atom is -0.490 e. The number of nitrogen functional groups attached to an aromatic ring is 1. The van der Waals surface area contributed by atoms with Crippen LogP contribution in [-0.4, -0.2) is 32.3 Å². The van der Waals surface area contributed by atoms with Crippen molar-refractivity contribution in [2.75, 3.05) is 5.73 Å². The second-order valence-electron chi connectivity index (χ2n) is 9.58. The van der Waals surface area contributed by atoms with Crippen molar-refractivity contribution in [2.45, 2.75) is 44.8 Å². The lowest BCUT2D eigenvalue weighted by molar-refractivity contribution is -0.0944. The number of aromatic nitrogens is 2. The van der Waals surface area contributed by atoms with Crippen LogP contribution in [0.1, 0.15) is 47.2 Å². The van der Waals surface area contributed by atoms with E-state index in [1.54, 1.807) is 22.9 Å². The third-order valence-electron chi connectivity index (χ3n) is 7.06. The van der Waals surface area contributed by atoms with E-state index in [9.17, 15) is 14.9 Å². The lowest BCUT2D eigenvalue weighted by Crippen LogP contribution is -2.57. The Morgan fingerprint density at radius 2 is 1.91 bits per heavy atom. The maximum absolute atomic E-state index is 12.8. The summed E-state index contributed by atoms with van der Waals surface area (Å²) in [6.07, 6.45) is 5.31. The Morgan fingerprint density at radius 3 is 2.57 bits per heavy atom. The zero-order valence-corrected chi connectivity index (χ0v) is 20.5. The van der Waals surface area contributed by atoms with Crippen LogP contribution in [0.2, 0.25) is 0 Å². The molecule has 2 N–H and O–H groups in total. The molecular formula is C26H26N5O3P. The first-order chi connectivity index (χ1) is 16.8. The number of hydrogen-bond donors (Lipinski definition) is 1. The summed E-state index contributed by atoms with van der Waals surface area (Å²) in [7, 11) is 2.60. The molecule has 3 aromatic rings. The molecule has 2 saturated carbocycles. The van der Waals surface area contributed by atoms with Crippen LogP contribution >= 0.6 is 9.39 Å². The Labute approximate surface area is 205 Å². The number of rotatable bonds is 5. The first-order valence-electron chi connectivity index (χ1n) is 11.5. The fourth-order valence-corrected chi connectivity index (χ4v) is 5.50. The van der Waals surface area contributed by atoms with Crippen molar-refractivity contribution in [3.63, 3.8) is 0 Å². The highest BCUT2D eigenvalue weighted by Crippen LogP contribution is 2.58. The van der Waals surface area contributed by atoms with Crippen molar-refractivity contribution in [1.29, 1.82) is 5.26 Å². The van der Waals surface area contributed by atoms with Gasteiger partial charge in [0.1, 0.15) is 17.6 Å². The van der Waals surface area contributed by atoms with E-state index in [4.69, 9.17) is 10.5 Å². The van der Waals surface area contributed by atoms with Crippen molar-refractivity contribution in [1.82, 2.24) is 14.2 Å². The molecule has 178 valence electrons. The van der Waals surface area contributed by atoms with Crippen LogP contribution in [0.5, 0.6) is 5.75 Å². The molecule has 1 unspecified atom stereocenters. The second kappa shape index (κ2) is 8.83. The number of nitriles is 1. The Bertz CT molecular complexity index is 1380. The second-order valence-corrected chi connectivity index (χ2v) is 10.1. The van der Waals surface area contributed by atoms with Crippen LogP contribution in [-0.2, 0) is 0 Å². The number of aryl methyl sites for hydroxylation is 1. The van der Waals surface area contributed by atoms with Gasteiger partial charge in [0.15, 0.2) is 0 Å². The van der Waals surface area contributed by atoms with Crippen molar-refractivity contribution >= 4 is 21.1 Å². The van der Waals surface area contributed by atoms with Gasteiger partial charge in [0.25, 0.3) is 5.91 Å². The van der Waals surface area contributed by atoms with Crippen LogP contribution in [0.3, 0.4) is 0 Å². The summed E-state index contributed by atoms with van der Waals surface area (Å²) < 4.78 is 9.25. The number of anilines is 1. The predicted molar refractivity (Wildman–Crippen MR) is 135 cm³/mol. The minimum absolute atomic E-state index is 0.0273. The highest BCUT2D eigenvalue weighted by Gasteiger charge is 2.55. The van der Waals surface area contributed by atoms with E-state index in [0.717, 1.165) is 31.2 Å². The van der Waals surface area contributed by atoms with Gasteiger partial charge in [-0.15, -0.1) is 0 Å². The lowest BCUT2D eigenvalue weighted by atomic mass is 9.53. The summed E-state index contributed by atoms with van der Waals surface area (Å²) in [5.74, 6) is 0.750. The maximum Gasteiger partial charge on any atom is 0.354 e. The molecule has 2 aliphatic rings. The smallest absolute Gasteiger partial charge is 0.354 e. The highest BCUT2D eigenvalue weighted by atomic mass is 31.0. The van der Waals surface area contributed by atoms with Gasteiger partial charge in [-0.2, -0.15) is 10.2 Å². The largest absolute Gasteiger partial charge is 0.490 e. The topological polar surface area (TPSA) is 114 Å². The molecule has 1 spiro atoms. The van der Waals surface area contributed by atoms with E-state index >= 15 is 0 Å². The van der Waals surface area contributed by atoms with Crippen LogP contribution in [0, 0.1) is 23.7 Å². The summed E-state index contributed by atoms with van der Waals surface area (Å²) in [4.78, 5) is 28.8. The van der Waals surface area contributed by atoms with Gasteiger partial charge in [-0.1, -0.05) is 17.7 Å². The molecule has 2 aromatic carbocycles. The third-order valence-corrected chi connectivity index (χ3v) is 7.72. The predicted octanol–water partition coefficient (Wildman–Crippen LogP) is 3.62. The van der Waals surface area contributed by atoms with Crippen molar-refractivity contribution in [3.05, 3.63) is 81.9 Å². The number of amides is 1. The molecule has 1 amide bonds. The number of nitrogens with zero attached hydrogens (tertiary/aromatic N) is 4. The fraction of sp³-hybridized carbons (Fsp3) is 0.308. The molecule has 1 aromatic heterocycles. The number of benzene rings is 2. The van der Waals surface area contributed by atoms with E-state index < -0.39 is 5.69 Å². The average molecular weight is 488 g/mol. The Balaban J connectivity index is 1.20. The number of nitrogens with two attached hydrogens (primary N) is 1. The number of carbonyl (C=O) groups excluding carboxylic acids is 1. The van der Waals surface area contributed by atoms with Gasteiger partial charge in [0.05, 0.1) is 17.4 Å². The van der Waals surface area contributed by atoms with Gasteiger partial charge in [0, 0.05) is 23.9 Å². The molecule has 0 radical (unpaired) electrons. The number of hydrogen-bond acceptors (Lipinski definition) is 6. The molecule has 9 heteroatoms. The summed E-state index contributed by atoms with van der Waals surface area (Å²) in [6, 6.07) is 16.6. The molecule has 2 fully saturated rings. The van der Waals surface area contributed by atoms with Crippen LogP contribution in [0.4, 0.5) is 5.82 Å². The van der Waals surface area contributed by atoms with Crippen molar-refractivity contribution in [2.24, 2.45) is 5.41 Å². The van der Waals surface area contributed by atoms with Crippen LogP contribution < -0.4 is 16.2 Å². The molecule has 8 nitrogen and oxygen atoms in total. The zero-order chi connectivity index (χ0) is 24.7. The van der Waals surface area contributed by atoms with E-state index in [-0.39, 0.29) is 29.3 Å². The zero-order valence-electron chi connectivity index (χ0n) is 19.3. The minimum atomic E-state index is -0.552. The monoisotopic (exact) mass is 487 g/mol. The number of ether oxygens (including phenoxy) is 1. The summed E-state index contributed by atoms with van der Waals surface area (Å²) in [5, 5.41) is 9.48. The molecule has 2 aliphatic carbocycles. The van der Waals surface area contributed by atoms with Gasteiger partial charge in [0.2, 0.25) is 0 Å². The Morgan fingerprint density at radius 1 is 1.20 bits per heavy atom. The highest BCUT2D eigenvalue weighted by molar-refractivity contribution is 7.14. The molecule has 1 atom stereocenters. The van der Waals surface area contributed by atoms with E-state index in [2.05, 4.69) is 20.4 Å². The maximum atomic E-state index is 12.8. The van der Waals surface area contributed by atoms with Crippen molar-refractivity contribution < 1.29 is 9.53 Å². The molecular weight excluding hydrogens is 461 g/mol. The van der Waals surface area contributed by atoms with Crippen LogP contribution in [0.15, 0.2) is 59.5 Å². The molecule has 1 heterocycles. The molecule has 0 aliphatic heterocycles. The molecule has 0 saturated heterocycles. The summed E-state index contributed by atoms with van der Waals surface area (Å²) in [5.41, 5.74) is 7.83. The molecule has 5 rings (SSSR count). The molecule has 0 bridgehead atoms. The first-order valence-corrected chi connectivity index (χ1v) is 12.0. The van der Waals surface area contributed by atoms with Gasteiger partial charge in [-0.25, -0.2) is 4.79 Å². The quantitative estimate of drug-likeness (QED) is 0.550. The van der Waals surface area contributed by atoms with E-state index in [0.29, 0.717) is 22.6 Å². The average Bonchev–Trinajstić information content (AvgIpc) is 2.79. The van der Waals surface area contributed by atoms with Gasteiger partial charge < -0.3 is 15.1 Å². The SMILES string of the molecule is Cc1ccc(C(=O)N(P)C2CC3(CC(Oc4ccc(C#N)c(-n5ccc(N)nc5=O)c4)C3)C2)cc1.